The molecule has 0 spiro atoms. The first kappa shape index (κ1) is 14.2. The number of oxime groups is 1. The molecule has 0 aliphatic carbocycles. The third-order valence-electron chi connectivity index (χ3n) is 2.20. The summed E-state index contributed by atoms with van der Waals surface area (Å²) in [5.41, 5.74) is 0.337. The minimum atomic E-state index is -1.69. The molecule has 1 heterocycles. The summed E-state index contributed by atoms with van der Waals surface area (Å²) in [5, 5.41) is 3.82. The minimum absolute atomic E-state index is 0.337. The van der Waals surface area contributed by atoms with E-state index in [0.29, 0.717) is 25.2 Å². The van der Waals surface area contributed by atoms with Gasteiger partial charge in [0, 0.05) is 19.8 Å². The topological polar surface area (TPSA) is 57.1 Å². The Morgan fingerprint density at radius 1 is 1.53 bits per heavy atom. The highest BCUT2D eigenvalue weighted by Crippen LogP contribution is 2.28. The molecule has 0 radical (unpaired) electrons. The van der Waals surface area contributed by atoms with E-state index in [9.17, 15) is 4.79 Å². The maximum absolute atomic E-state index is 11.4. The average Bonchev–Trinajstić information content (AvgIpc) is 2.15. The summed E-state index contributed by atoms with van der Waals surface area (Å²) in [7, 11) is -1.69. The quantitative estimate of drug-likeness (QED) is 0.574. The van der Waals surface area contributed by atoms with E-state index in [0.717, 1.165) is 0 Å². The molecule has 0 fully saturated rings. The molecule has 0 aromatic heterocycles. The number of ether oxygens (including phenoxy) is 1. The lowest BCUT2D eigenvalue weighted by atomic mass is 10.1. The molecule has 0 bridgehead atoms. The number of carbonyl (C=O) groups is 1. The lowest BCUT2D eigenvalue weighted by molar-refractivity contribution is -0.186. The van der Waals surface area contributed by atoms with Crippen molar-refractivity contribution >= 4 is 20.0 Å². The van der Waals surface area contributed by atoms with Gasteiger partial charge in [-0.25, -0.2) is 4.79 Å². The van der Waals surface area contributed by atoms with Crippen molar-refractivity contribution in [3.8, 4) is 0 Å². The van der Waals surface area contributed by atoms with Gasteiger partial charge in [-0.2, -0.15) is 0 Å². The number of esters is 1. The molecule has 1 aliphatic rings. The van der Waals surface area contributed by atoms with E-state index in [1.54, 1.807) is 6.92 Å². The number of hydrogen-bond donors (Lipinski definition) is 0. The predicted molar refractivity (Wildman–Crippen MR) is 67.2 cm³/mol. The van der Waals surface area contributed by atoms with Crippen LogP contribution >= 0.6 is 0 Å². The highest BCUT2D eigenvalue weighted by atomic mass is 28.4. The van der Waals surface area contributed by atoms with E-state index < -0.39 is 20.1 Å². The molecule has 0 saturated carbocycles. The first-order valence-corrected chi connectivity index (χ1v) is 9.29. The van der Waals surface area contributed by atoms with E-state index >= 15 is 0 Å². The van der Waals surface area contributed by atoms with Crippen LogP contribution in [0.25, 0.3) is 0 Å². The predicted octanol–water partition coefficient (Wildman–Crippen LogP) is 2.28. The van der Waals surface area contributed by atoms with Crippen LogP contribution in [0.1, 0.15) is 26.7 Å². The second-order valence-corrected chi connectivity index (χ2v) is 9.63. The van der Waals surface area contributed by atoms with Crippen LogP contribution < -0.4 is 0 Å². The van der Waals surface area contributed by atoms with Gasteiger partial charge in [0.05, 0.1) is 6.61 Å². The normalized spacial score (nSPS) is 24.9. The van der Waals surface area contributed by atoms with Crippen LogP contribution in [0.2, 0.25) is 19.6 Å². The van der Waals surface area contributed by atoms with Crippen molar-refractivity contribution < 1.29 is 18.8 Å². The third kappa shape index (κ3) is 4.47. The van der Waals surface area contributed by atoms with Gasteiger partial charge in [-0.05, 0) is 26.6 Å². The largest absolute Gasteiger partial charge is 0.461 e. The van der Waals surface area contributed by atoms with Crippen molar-refractivity contribution in [2.24, 2.45) is 5.16 Å². The van der Waals surface area contributed by atoms with Crippen molar-refractivity contribution in [2.45, 2.75) is 52.1 Å². The van der Waals surface area contributed by atoms with Crippen molar-refractivity contribution in [1.29, 1.82) is 0 Å². The highest BCUT2D eigenvalue weighted by molar-refractivity contribution is 6.69. The Hall–Kier alpha value is -0.883. The Morgan fingerprint density at radius 3 is 2.59 bits per heavy atom. The second-order valence-electron chi connectivity index (χ2n) is 5.20. The SMILES string of the molecule is CCOC(=O)C1=NOC(C)(O[Si](C)(C)C)CC1. The molecule has 0 aromatic rings. The Balaban J connectivity index is 2.62. The van der Waals surface area contributed by atoms with E-state index in [-0.39, 0.29) is 0 Å². The Morgan fingerprint density at radius 2 is 2.18 bits per heavy atom. The number of hydrogen-bond acceptors (Lipinski definition) is 5. The molecule has 98 valence electrons. The van der Waals surface area contributed by atoms with Crippen LogP contribution in [0.5, 0.6) is 0 Å². The zero-order chi connectivity index (χ0) is 13.1. The van der Waals surface area contributed by atoms with Gasteiger partial charge in [-0.15, -0.1) is 0 Å². The summed E-state index contributed by atoms with van der Waals surface area (Å²) in [6.07, 6.45) is 1.15. The van der Waals surface area contributed by atoms with Crippen molar-refractivity contribution in [3.05, 3.63) is 0 Å². The van der Waals surface area contributed by atoms with E-state index in [4.69, 9.17) is 14.0 Å². The first-order chi connectivity index (χ1) is 7.76. The van der Waals surface area contributed by atoms with Gasteiger partial charge >= 0.3 is 5.97 Å². The van der Waals surface area contributed by atoms with Gasteiger partial charge in [-0.3, -0.25) is 0 Å². The van der Waals surface area contributed by atoms with Gasteiger partial charge < -0.3 is 14.0 Å². The highest BCUT2D eigenvalue weighted by Gasteiger charge is 2.37. The first-order valence-electron chi connectivity index (χ1n) is 5.88. The summed E-state index contributed by atoms with van der Waals surface area (Å²) in [5.74, 6) is -1.11. The van der Waals surface area contributed by atoms with Gasteiger partial charge in [0.1, 0.15) is 0 Å². The zero-order valence-corrected chi connectivity index (χ0v) is 12.2. The van der Waals surface area contributed by atoms with Crippen LogP contribution in [-0.2, 0) is 18.8 Å². The fourth-order valence-electron chi connectivity index (χ4n) is 1.66. The fraction of sp³-hybridized carbons (Fsp3) is 0.818. The van der Waals surface area contributed by atoms with Gasteiger partial charge in [-0.1, -0.05) is 5.16 Å². The van der Waals surface area contributed by atoms with Gasteiger partial charge in [0.15, 0.2) is 14.0 Å². The van der Waals surface area contributed by atoms with E-state index in [1.165, 1.54) is 0 Å². The minimum Gasteiger partial charge on any atom is -0.461 e. The third-order valence-corrected chi connectivity index (χ3v) is 3.24. The summed E-state index contributed by atoms with van der Waals surface area (Å²) in [6, 6.07) is 0. The molecule has 1 atom stereocenters. The smallest absolute Gasteiger partial charge is 0.356 e. The molecule has 0 amide bonds. The summed E-state index contributed by atoms with van der Waals surface area (Å²) >= 11 is 0. The molecule has 1 rings (SSSR count). The average molecular weight is 259 g/mol. The molecular formula is C11H21NO4Si. The van der Waals surface area contributed by atoms with Gasteiger partial charge in [0.25, 0.3) is 0 Å². The van der Waals surface area contributed by atoms with Crippen molar-refractivity contribution in [2.75, 3.05) is 6.61 Å². The number of carbonyl (C=O) groups excluding carboxylic acids is 1. The molecule has 0 aromatic carbocycles. The van der Waals surface area contributed by atoms with Crippen LogP contribution in [-0.4, -0.2) is 32.4 Å². The second kappa shape index (κ2) is 5.18. The molecule has 6 heteroatoms. The number of rotatable bonds is 4. The number of nitrogens with zero attached hydrogens (tertiary/aromatic N) is 1. The van der Waals surface area contributed by atoms with Crippen LogP contribution in [0.3, 0.4) is 0 Å². The Kier molecular flexibility index (Phi) is 4.32. The van der Waals surface area contributed by atoms with Crippen LogP contribution in [0.15, 0.2) is 5.16 Å². The summed E-state index contributed by atoms with van der Waals surface area (Å²) in [6.45, 7) is 10.2. The molecule has 1 aliphatic heterocycles. The van der Waals surface area contributed by atoms with Crippen molar-refractivity contribution in [1.82, 2.24) is 0 Å². The lowest BCUT2D eigenvalue weighted by Gasteiger charge is -2.35. The van der Waals surface area contributed by atoms with Gasteiger partial charge in [0.2, 0.25) is 5.79 Å². The lowest BCUT2D eigenvalue weighted by Crippen LogP contribution is -2.44. The van der Waals surface area contributed by atoms with Crippen LogP contribution in [0.4, 0.5) is 0 Å². The zero-order valence-electron chi connectivity index (χ0n) is 11.2. The van der Waals surface area contributed by atoms with Crippen LogP contribution in [0, 0.1) is 0 Å². The molecule has 0 N–H and O–H groups in total. The molecule has 0 saturated heterocycles. The molecule has 5 nitrogen and oxygen atoms in total. The monoisotopic (exact) mass is 259 g/mol. The maximum atomic E-state index is 11.4. The molecule has 17 heavy (non-hydrogen) atoms. The molecular weight excluding hydrogens is 238 g/mol. The Bertz CT molecular complexity index is 324. The van der Waals surface area contributed by atoms with Crippen molar-refractivity contribution in [3.63, 3.8) is 0 Å². The van der Waals surface area contributed by atoms with E-state index in [2.05, 4.69) is 24.8 Å². The van der Waals surface area contributed by atoms with E-state index in [1.807, 2.05) is 6.92 Å². The maximum Gasteiger partial charge on any atom is 0.356 e. The summed E-state index contributed by atoms with van der Waals surface area (Å²) in [4.78, 5) is 16.8. The standard InChI is InChI=1S/C11H21NO4Si/c1-6-14-10(13)9-7-8-11(2,15-12-9)16-17(3,4)5/h6-8H2,1-5H3. The molecule has 1 unspecified atom stereocenters. The Labute approximate surface area is 103 Å². The summed E-state index contributed by atoms with van der Waals surface area (Å²) < 4.78 is 10.8. The fourth-order valence-corrected chi connectivity index (χ4v) is 3.09.